The molecule has 0 saturated heterocycles. The summed E-state index contributed by atoms with van der Waals surface area (Å²) in [6.07, 6.45) is 1.47. The molecular formula is C21H28N2O2. The Labute approximate surface area is 150 Å². The number of nitrogens with one attached hydrogen (secondary N) is 2. The van der Waals surface area contributed by atoms with Gasteiger partial charge in [0.15, 0.2) is 0 Å². The Kier molecular flexibility index (Phi) is 7.99. The summed E-state index contributed by atoms with van der Waals surface area (Å²) in [5, 5.41) is 6.20. The molecule has 4 heteroatoms. The number of benzene rings is 2. The van der Waals surface area contributed by atoms with Gasteiger partial charge in [-0.25, -0.2) is 0 Å². The van der Waals surface area contributed by atoms with Crippen LogP contribution in [0.4, 0.5) is 0 Å². The fraction of sp³-hybridized carbons (Fsp3) is 0.381. The summed E-state index contributed by atoms with van der Waals surface area (Å²) in [5.41, 5.74) is 3.32. The highest BCUT2D eigenvalue weighted by Crippen LogP contribution is 2.16. The van der Waals surface area contributed by atoms with Gasteiger partial charge in [-0.3, -0.25) is 4.79 Å². The standard InChI is InChI=1S/C21H28N2O2/c1-3-10-22-11-12-23-21(24)15-18-7-5-9-20(14-18)25-16-19-8-4-6-17(2)13-19/h4-9,13-14,22H,3,10-12,15-16H2,1-2H3,(H,23,24). The number of aryl methyl sites for hydroxylation is 1. The van der Waals surface area contributed by atoms with Gasteiger partial charge in [-0.15, -0.1) is 0 Å². The summed E-state index contributed by atoms with van der Waals surface area (Å²) in [6, 6.07) is 16.0. The molecule has 0 spiro atoms. The Balaban J connectivity index is 1.79. The summed E-state index contributed by atoms with van der Waals surface area (Å²) >= 11 is 0. The lowest BCUT2D eigenvalue weighted by Gasteiger charge is -2.09. The molecule has 0 aliphatic heterocycles. The van der Waals surface area contributed by atoms with Crippen molar-refractivity contribution in [2.24, 2.45) is 0 Å². The van der Waals surface area contributed by atoms with Crippen molar-refractivity contribution < 1.29 is 9.53 Å². The highest BCUT2D eigenvalue weighted by atomic mass is 16.5. The van der Waals surface area contributed by atoms with Crippen LogP contribution in [0.3, 0.4) is 0 Å². The first-order chi connectivity index (χ1) is 12.2. The summed E-state index contributed by atoms with van der Waals surface area (Å²) in [7, 11) is 0. The molecule has 2 aromatic rings. The van der Waals surface area contributed by atoms with Crippen LogP contribution >= 0.6 is 0 Å². The van der Waals surface area contributed by atoms with E-state index in [0.717, 1.165) is 36.4 Å². The number of hydrogen-bond donors (Lipinski definition) is 2. The third-order valence-electron chi connectivity index (χ3n) is 3.80. The lowest BCUT2D eigenvalue weighted by atomic mass is 10.1. The molecule has 0 aliphatic rings. The summed E-state index contributed by atoms with van der Waals surface area (Å²) < 4.78 is 5.85. The second-order valence-electron chi connectivity index (χ2n) is 6.20. The second kappa shape index (κ2) is 10.5. The second-order valence-corrected chi connectivity index (χ2v) is 6.20. The topological polar surface area (TPSA) is 50.4 Å². The molecule has 0 radical (unpaired) electrons. The zero-order chi connectivity index (χ0) is 17.9. The number of carbonyl (C=O) groups excluding carboxylic acids is 1. The van der Waals surface area contributed by atoms with Crippen LogP contribution in [0, 0.1) is 6.92 Å². The molecule has 0 saturated carbocycles. The highest BCUT2D eigenvalue weighted by Gasteiger charge is 2.04. The largest absolute Gasteiger partial charge is 0.489 e. The molecule has 0 aromatic heterocycles. The quantitative estimate of drug-likeness (QED) is 0.653. The molecule has 134 valence electrons. The zero-order valence-electron chi connectivity index (χ0n) is 15.2. The van der Waals surface area contributed by atoms with Crippen LogP contribution in [0.5, 0.6) is 5.75 Å². The zero-order valence-corrected chi connectivity index (χ0v) is 15.2. The van der Waals surface area contributed by atoms with E-state index in [1.54, 1.807) is 0 Å². The van der Waals surface area contributed by atoms with Gasteiger partial charge in [0.05, 0.1) is 6.42 Å². The van der Waals surface area contributed by atoms with Gasteiger partial charge < -0.3 is 15.4 Å². The summed E-state index contributed by atoms with van der Waals surface area (Å²) in [5.74, 6) is 0.825. The molecule has 2 rings (SSSR count). The third-order valence-corrected chi connectivity index (χ3v) is 3.80. The van der Waals surface area contributed by atoms with Gasteiger partial charge in [-0.2, -0.15) is 0 Å². The Morgan fingerprint density at radius 3 is 2.60 bits per heavy atom. The van der Waals surface area contributed by atoms with Crippen LogP contribution in [-0.2, 0) is 17.8 Å². The van der Waals surface area contributed by atoms with E-state index in [4.69, 9.17) is 4.74 Å². The van der Waals surface area contributed by atoms with Crippen molar-refractivity contribution in [2.45, 2.75) is 33.3 Å². The molecule has 0 aliphatic carbocycles. The van der Waals surface area contributed by atoms with Crippen LogP contribution in [0.25, 0.3) is 0 Å². The number of hydrogen-bond acceptors (Lipinski definition) is 3. The van der Waals surface area contributed by atoms with Gasteiger partial charge in [0.25, 0.3) is 0 Å². The predicted octanol–water partition coefficient (Wildman–Crippen LogP) is 3.23. The Morgan fingerprint density at radius 1 is 1.00 bits per heavy atom. The first kappa shape index (κ1) is 19.0. The molecule has 2 N–H and O–H groups in total. The number of carbonyl (C=O) groups is 1. The lowest BCUT2D eigenvalue weighted by molar-refractivity contribution is -0.120. The van der Waals surface area contributed by atoms with Crippen molar-refractivity contribution in [3.8, 4) is 5.75 Å². The van der Waals surface area contributed by atoms with Crippen molar-refractivity contribution in [3.05, 3.63) is 65.2 Å². The monoisotopic (exact) mass is 340 g/mol. The number of amides is 1. The molecular weight excluding hydrogens is 312 g/mol. The number of rotatable bonds is 10. The van der Waals surface area contributed by atoms with E-state index in [2.05, 4.69) is 42.7 Å². The molecule has 1 amide bonds. The van der Waals surface area contributed by atoms with Crippen LogP contribution in [0.2, 0.25) is 0 Å². The average molecular weight is 340 g/mol. The molecule has 0 bridgehead atoms. The van der Waals surface area contributed by atoms with Crippen molar-refractivity contribution in [1.29, 1.82) is 0 Å². The van der Waals surface area contributed by atoms with E-state index in [1.807, 2.05) is 30.3 Å². The molecule has 0 fully saturated rings. The van der Waals surface area contributed by atoms with Crippen molar-refractivity contribution in [2.75, 3.05) is 19.6 Å². The van der Waals surface area contributed by atoms with Gasteiger partial charge in [0.2, 0.25) is 5.91 Å². The molecule has 4 nitrogen and oxygen atoms in total. The molecule has 2 aromatic carbocycles. The summed E-state index contributed by atoms with van der Waals surface area (Å²) in [4.78, 5) is 12.0. The smallest absolute Gasteiger partial charge is 0.224 e. The number of ether oxygens (including phenoxy) is 1. The third kappa shape index (κ3) is 7.40. The van der Waals surface area contributed by atoms with Gasteiger partial charge in [0.1, 0.15) is 12.4 Å². The fourth-order valence-electron chi connectivity index (χ4n) is 2.55. The normalized spacial score (nSPS) is 10.5. The van der Waals surface area contributed by atoms with E-state index in [-0.39, 0.29) is 5.91 Å². The van der Waals surface area contributed by atoms with E-state index in [0.29, 0.717) is 19.6 Å². The van der Waals surface area contributed by atoms with Gasteiger partial charge in [-0.05, 0) is 43.1 Å². The Morgan fingerprint density at radius 2 is 1.80 bits per heavy atom. The molecule has 0 heterocycles. The van der Waals surface area contributed by atoms with Crippen LogP contribution in [0.1, 0.15) is 30.0 Å². The van der Waals surface area contributed by atoms with Crippen LogP contribution in [0.15, 0.2) is 48.5 Å². The minimum atomic E-state index is 0.0362. The first-order valence-corrected chi connectivity index (χ1v) is 8.92. The fourth-order valence-corrected chi connectivity index (χ4v) is 2.55. The first-order valence-electron chi connectivity index (χ1n) is 8.92. The lowest BCUT2D eigenvalue weighted by Crippen LogP contribution is -2.32. The van der Waals surface area contributed by atoms with Crippen LogP contribution in [-0.4, -0.2) is 25.5 Å². The summed E-state index contributed by atoms with van der Waals surface area (Å²) in [6.45, 7) is 7.17. The van der Waals surface area contributed by atoms with Crippen molar-refractivity contribution in [1.82, 2.24) is 10.6 Å². The van der Waals surface area contributed by atoms with E-state index >= 15 is 0 Å². The van der Waals surface area contributed by atoms with Gasteiger partial charge in [-0.1, -0.05) is 48.9 Å². The maximum atomic E-state index is 12.0. The molecule has 0 atom stereocenters. The van der Waals surface area contributed by atoms with E-state index in [9.17, 15) is 4.79 Å². The maximum Gasteiger partial charge on any atom is 0.224 e. The minimum absolute atomic E-state index is 0.0362. The van der Waals surface area contributed by atoms with E-state index < -0.39 is 0 Å². The van der Waals surface area contributed by atoms with Crippen molar-refractivity contribution in [3.63, 3.8) is 0 Å². The average Bonchev–Trinajstić information content (AvgIpc) is 2.60. The van der Waals surface area contributed by atoms with Gasteiger partial charge in [0, 0.05) is 13.1 Å². The Bertz CT molecular complexity index is 670. The predicted molar refractivity (Wildman–Crippen MR) is 102 cm³/mol. The van der Waals surface area contributed by atoms with Crippen molar-refractivity contribution >= 4 is 5.91 Å². The molecule has 25 heavy (non-hydrogen) atoms. The SMILES string of the molecule is CCCNCCNC(=O)Cc1cccc(OCc2cccc(C)c2)c1. The minimum Gasteiger partial charge on any atom is -0.489 e. The van der Waals surface area contributed by atoms with E-state index in [1.165, 1.54) is 5.56 Å². The van der Waals surface area contributed by atoms with Crippen LogP contribution < -0.4 is 15.4 Å². The van der Waals surface area contributed by atoms with Gasteiger partial charge >= 0.3 is 0 Å². The highest BCUT2D eigenvalue weighted by molar-refractivity contribution is 5.78. The Hall–Kier alpha value is -2.33. The molecule has 0 unspecified atom stereocenters. The maximum absolute atomic E-state index is 12.0.